The van der Waals surface area contributed by atoms with Crippen LogP contribution in [0.1, 0.15) is 35.3 Å². The van der Waals surface area contributed by atoms with Gasteiger partial charge in [-0.1, -0.05) is 22.3 Å². The van der Waals surface area contributed by atoms with E-state index in [1.54, 1.807) is 26.0 Å². The largest absolute Gasteiger partial charge is 0.409 e. The number of amidine groups is 1. The molecule has 0 saturated heterocycles. The summed E-state index contributed by atoms with van der Waals surface area (Å²) in [5.41, 5.74) is 7.22. The summed E-state index contributed by atoms with van der Waals surface area (Å²) < 4.78 is 0. The van der Waals surface area contributed by atoms with Crippen molar-refractivity contribution in [2.75, 3.05) is 0 Å². The van der Waals surface area contributed by atoms with Crippen LogP contribution in [0.2, 0.25) is 0 Å². The van der Waals surface area contributed by atoms with Crippen LogP contribution in [0.15, 0.2) is 23.4 Å². The van der Waals surface area contributed by atoms with Gasteiger partial charge in [-0.25, -0.2) is 0 Å². The Bertz CT molecular complexity index is 473. The Balaban J connectivity index is 2.95. The van der Waals surface area contributed by atoms with Crippen molar-refractivity contribution in [3.63, 3.8) is 0 Å². The van der Waals surface area contributed by atoms with Crippen molar-refractivity contribution in [1.82, 2.24) is 5.32 Å². The number of hydrogen-bond donors (Lipinski definition) is 3. The van der Waals surface area contributed by atoms with Crippen LogP contribution in [0.5, 0.6) is 0 Å². The summed E-state index contributed by atoms with van der Waals surface area (Å²) in [4.78, 5) is 12.1. The van der Waals surface area contributed by atoms with Crippen LogP contribution in [-0.4, -0.2) is 22.5 Å². The zero-order chi connectivity index (χ0) is 13.9. The molecule has 0 aromatic heterocycles. The lowest BCUT2D eigenvalue weighted by molar-refractivity contribution is 0.0930. The molecule has 18 heavy (non-hydrogen) atoms. The van der Waals surface area contributed by atoms with E-state index in [9.17, 15) is 4.79 Å². The fourth-order valence-electron chi connectivity index (χ4n) is 1.65. The van der Waals surface area contributed by atoms with Crippen molar-refractivity contribution in [1.29, 1.82) is 0 Å². The number of aryl methyl sites for hydroxylation is 2. The second kappa shape index (κ2) is 5.08. The number of rotatable bonds is 3. The summed E-state index contributed by atoms with van der Waals surface area (Å²) in [6.07, 6.45) is 0. The fraction of sp³-hybridized carbons (Fsp3) is 0.385. The van der Waals surface area contributed by atoms with Gasteiger partial charge < -0.3 is 16.3 Å². The molecule has 0 unspecified atom stereocenters. The Kier molecular flexibility index (Phi) is 3.96. The molecule has 0 aliphatic rings. The number of nitrogens with two attached hydrogens (primary N) is 1. The first-order valence-corrected chi connectivity index (χ1v) is 5.65. The summed E-state index contributed by atoms with van der Waals surface area (Å²) in [5, 5.41) is 14.3. The number of nitrogens with one attached hydrogen (secondary N) is 1. The average Bonchev–Trinajstić information content (AvgIpc) is 2.25. The molecule has 0 bridgehead atoms. The summed E-state index contributed by atoms with van der Waals surface area (Å²) >= 11 is 0. The lowest BCUT2D eigenvalue weighted by Gasteiger charge is -2.24. The van der Waals surface area contributed by atoms with E-state index >= 15 is 0 Å². The maximum atomic E-state index is 12.1. The van der Waals surface area contributed by atoms with Gasteiger partial charge in [-0.15, -0.1) is 0 Å². The van der Waals surface area contributed by atoms with Crippen LogP contribution < -0.4 is 11.1 Å². The maximum Gasteiger partial charge on any atom is 0.252 e. The quantitative estimate of drug-likeness (QED) is 0.329. The van der Waals surface area contributed by atoms with Crippen LogP contribution in [0.3, 0.4) is 0 Å². The van der Waals surface area contributed by atoms with E-state index in [-0.39, 0.29) is 11.7 Å². The zero-order valence-corrected chi connectivity index (χ0v) is 11.1. The van der Waals surface area contributed by atoms with Crippen molar-refractivity contribution in [2.45, 2.75) is 33.2 Å². The minimum Gasteiger partial charge on any atom is -0.409 e. The second-order valence-corrected chi connectivity index (χ2v) is 4.94. The third kappa shape index (κ3) is 3.23. The monoisotopic (exact) mass is 249 g/mol. The Labute approximate surface area is 107 Å². The summed E-state index contributed by atoms with van der Waals surface area (Å²) in [7, 11) is 0. The standard InChI is InChI=1S/C13H19N3O2/c1-8-5-9(2)7-10(6-8)11(17)15-13(3,4)12(14)16-18/h5-7,18H,1-4H3,(H2,14,16)(H,15,17). The fourth-order valence-corrected chi connectivity index (χ4v) is 1.65. The molecule has 1 aromatic carbocycles. The molecule has 0 radical (unpaired) electrons. The molecule has 1 amide bonds. The van der Waals surface area contributed by atoms with Crippen molar-refractivity contribution in [2.24, 2.45) is 10.9 Å². The molecule has 4 N–H and O–H groups in total. The van der Waals surface area contributed by atoms with E-state index in [1.807, 2.05) is 19.9 Å². The number of amides is 1. The van der Waals surface area contributed by atoms with Crippen LogP contribution >= 0.6 is 0 Å². The lowest BCUT2D eigenvalue weighted by atomic mass is 10.0. The van der Waals surface area contributed by atoms with Crippen molar-refractivity contribution in [3.8, 4) is 0 Å². The summed E-state index contributed by atoms with van der Waals surface area (Å²) in [5.74, 6) is -0.293. The highest BCUT2D eigenvalue weighted by Gasteiger charge is 2.26. The molecule has 0 fully saturated rings. The highest BCUT2D eigenvalue weighted by Crippen LogP contribution is 2.11. The van der Waals surface area contributed by atoms with Gasteiger partial charge in [0.1, 0.15) is 0 Å². The molecule has 5 heteroatoms. The third-order valence-electron chi connectivity index (χ3n) is 2.66. The predicted molar refractivity (Wildman–Crippen MR) is 70.9 cm³/mol. The van der Waals surface area contributed by atoms with Crippen LogP contribution in [-0.2, 0) is 0 Å². The number of carbonyl (C=O) groups is 1. The van der Waals surface area contributed by atoms with E-state index in [2.05, 4.69) is 10.5 Å². The van der Waals surface area contributed by atoms with Gasteiger partial charge in [0, 0.05) is 5.56 Å². The maximum absolute atomic E-state index is 12.1. The van der Waals surface area contributed by atoms with Gasteiger partial charge in [0.25, 0.3) is 5.91 Å². The van der Waals surface area contributed by atoms with Gasteiger partial charge in [-0.3, -0.25) is 4.79 Å². The molecule has 98 valence electrons. The second-order valence-electron chi connectivity index (χ2n) is 4.94. The van der Waals surface area contributed by atoms with E-state index in [0.717, 1.165) is 11.1 Å². The van der Waals surface area contributed by atoms with E-state index < -0.39 is 5.54 Å². The smallest absolute Gasteiger partial charge is 0.252 e. The molecular weight excluding hydrogens is 230 g/mol. The number of carbonyl (C=O) groups excluding carboxylic acids is 1. The Morgan fingerprint density at radius 3 is 2.22 bits per heavy atom. The molecule has 0 atom stereocenters. The first-order valence-electron chi connectivity index (χ1n) is 5.65. The van der Waals surface area contributed by atoms with Gasteiger partial charge in [0.2, 0.25) is 0 Å². The first-order chi connectivity index (χ1) is 8.26. The predicted octanol–water partition coefficient (Wildman–Crippen LogP) is 1.56. The minimum atomic E-state index is -0.899. The van der Waals surface area contributed by atoms with Gasteiger partial charge in [0.15, 0.2) is 5.84 Å². The van der Waals surface area contributed by atoms with Crippen LogP contribution in [0.4, 0.5) is 0 Å². The van der Waals surface area contributed by atoms with Crippen LogP contribution in [0, 0.1) is 13.8 Å². The normalized spacial score (nSPS) is 12.3. The SMILES string of the molecule is Cc1cc(C)cc(C(=O)NC(C)(C)/C(N)=N/O)c1. The Morgan fingerprint density at radius 2 is 1.78 bits per heavy atom. The van der Waals surface area contributed by atoms with Gasteiger partial charge in [0.05, 0.1) is 5.54 Å². The summed E-state index contributed by atoms with van der Waals surface area (Å²) in [6, 6.07) is 5.58. The molecule has 0 aliphatic carbocycles. The van der Waals surface area contributed by atoms with Crippen molar-refractivity contribution >= 4 is 11.7 Å². The topological polar surface area (TPSA) is 87.7 Å². The molecule has 0 aliphatic heterocycles. The van der Waals surface area contributed by atoms with E-state index in [1.165, 1.54) is 0 Å². The summed E-state index contributed by atoms with van der Waals surface area (Å²) in [6.45, 7) is 7.20. The highest BCUT2D eigenvalue weighted by atomic mass is 16.4. The minimum absolute atomic E-state index is 0.0415. The number of oxime groups is 1. The zero-order valence-electron chi connectivity index (χ0n) is 11.1. The average molecular weight is 249 g/mol. The molecule has 1 aromatic rings. The molecule has 1 rings (SSSR count). The number of nitrogens with zero attached hydrogens (tertiary/aromatic N) is 1. The highest BCUT2D eigenvalue weighted by molar-refractivity contribution is 6.00. The Morgan fingerprint density at radius 1 is 1.28 bits per heavy atom. The van der Waals surface area contributed by atoms with Crippen molar-refractivity contribution in [3.05, 3.63) is 34.9 Å². The molecule has 0 heterocycles. The van der Waals surface area contributed by atoms with Gasteiger partial charge in [-0.05, 0) is 39.8 Å². The first kappa shape index (κ1) is 14.0. The Hall–Kier alpha value is -2.04. The van der Waals surface area contributed by atoms with Gasteiger partial charge in [-0.2, -0.15) is 0 Å². The third-order valence-corrected chi connectivity index (χ3v) is 2.66. The molecule has 0 saturated carbocycles. The van der Waals surface area contributed by atoms with E-state index in [4.69, 9.17) is 10.9 Å². The van der Waals surface area contributed by atoms with Gasteiger partial charge >= 0.3 is 0 Å². The van der Waals surface area contributed by atoms with Crippen LogP contribution in [0.25, 0.3) is 0 Å². The molecule has 0 spiro atoms. The molecular formula is C13H19N3O2. The lowest BCUT2D eigenvalue weighted by Crippen LogP contribution is -2.53. The van der Waals surface area contributed by atoms with Crippen molar-refractivity contribution < 1.29 is 10.0 Å². The molecule has 5 nitrogen and oxygen atoms in total. The number of benzene rings is 1. The van der Waals surface area contributed by atoms with E-state index in [0.29, 0.717) is 5.56 Å². The number of hydrogen-bond acceptors (Lipinski definition) is 3.